The maximum atomic E-state index is 13.1. The Kier molecular flexibility index (Phi) is 5.97. The van der Waals surface area contributed by atoms with Crippen molar-refractivity contribution in [2.75, 3.05) is 19.3 Å². The fourth-order valence-corrected chi connectivity index (χ4v) is 4.78. The van der Waals surface area contributed by atoms with E-state index in [1.807, 2.05) is 25.3 Å². The Hall–Kier alpha value is -1.47. The first-order valence-corrected chi connectivity index (χ1v) is 11.4. The van der Waals surface area contributed by atoms with E-state index >= 15 is 0 Å². The Morgan fingerprint density at radius 2 is 1.77 bits per heavy atom. The number of nitrogens with zero attached hydrogens (tertiary/aromatic N) is 3. The van der Waals surface area contributed by atoms with Crippen LogP contribution in [0.3, 0.4) is 0 Å². The number of aryl methyl sites for hydroxylation is 1. The highest BCUT2D eigenvalue weighted by Crippen LogP contribution is 2.21. The molecule has 26 heavy (non-hydrogen) atoms. The van der Waals surface area contributed by atoms with E-state index in [2.05, 4.69) is 0 Å². The van der Waals surface area contributed by atoms with Crippen LogP contribution in [0.5, 0.6) is 0 Å². The molecule has 0 radical (unpaired) electrons. The average molecular weight is 380 g/mol. The molecule has 2 aliphatic rings. The second-order valence-electron chi connectivity index (χ2n) is 7.63. The molecule has 1 aliphatic carbocycles. The van der Waals surface area contributed by atoms with Crippen LogP contribution in [0.15, 0.2) is 23.3 Å². The zero-order valence-electron chi connectivity index (χ0n) is 15.7. The molecule has 3 rings (SSSR count). The van der Waals surface area contributed by atoms with E-state index in [4.69, 9.17) is 4.99 Å². The third kappa shape index (κ3) is 4.62. The van der Waals surface area contributed by atoms with Crippen LogP contribution in [0.2, 0.25) is 0 Å². The predicted molar refractivity (Wildman–Crippen MR) is 101 cm³/mol. The number of carbonyl (C=O) groups is 1. The number of hydrogen-bond acceptors (Lipinski definition) is 4. The van der Waals surface area contributed by atoms with Crippen molar-refractivity contribution < 1.29 is 13.2 Å². The minimum Gasteiger partial charge on any atom is -0.274 e. The lowest BCUT2D eigenvalue weighted by atomic mass is 9.96. The summed E-state index contributed by atoms with van der Waals surface area (Å²) in [4.78, 5) is 17.9. The second-order valence-corrected chi connectivity index (χ2v) is 9.61. The van der Waals surface area contributed by atoms with Gasteiger partial charge in [0.15, 0.2) is 0 Å². The Balaban J connectivity index is 1.80. The van der Waals surface area contributed by atoms with Gasteiger partial charge in [-0.05, 0) is 50.3 Å². The molecular weight excluding hydrogens is 350 g/mol. The molecule has 144 valence electrons. The van der Waals surface area contributed by atoms with Gasteiger partial charge in [0.2, 0.25) is 15.9 Å². The Bertz CT molecular complexity index is 815. The largest absolute Gasteiger partial charge is 0.274 e. The summed E-state index contributed by atoms with van der Waals surface area (Å²) >= 11 is 0. The van der Waals surface area contributed by atoms with Crippen molar-refractivity contribution in [1.29, 1.82) is 0 Å². The van der Waals surface area contributed by atoms with E-state index in [0.29, 0.717) is 32.0 Å². The highest BCUT2D eigenvalue weighted by atomic mass is 32.2. The average Bonchev–Trinajstić information content (AvgIpc) is 2.62. The van der Waals surface area contributed by atoms with Gasteiger partial charge in [0.1, 0.15) is 5.49 Å². The van der Waals surface area contributed by atoms with E-state index in [-0.39, 0.29) is 11.8 Å². The standard InChI is InChI=1S/C19H29N3O3S/c1-15-8-13-22(18(14-15)20-17-6-4-3-5-7-17)19(23)16-9-11-21(12-10-16)26(2,24)25/h8,13-14,16-17H,3-7,9-12H2,1-2H3. The summed E-state index contributed by atoms with van der Waals surface area (Å²) in [6.07, 6.45) is 10.1. The molecule has 2 heterocycles. The number of aromatic nitrogens is 1. The number of sulfonamides is 1. The van der Waals surface area contributed by atoms with Gasteiger partial charge < -0.3 is 0 Å². The van der Waals surface area contributed by atoms with Gasteiger partial charge in [0.05, 0.1) is 12.3 Å². The first-order valence-electron chi connectivity index (χ1n) is 9.57. The smallest absolute Gasteiger partial charge is 0.235 e. The molecule has 6 nitrogen and oxygen atoms in total. The predicted octanol–water partition coefficient (Wildman–Crippen LogP) is 2.34. The maximum Gasteiger partial charge on any atom is 0.235 e. The summed E-state index contributed by atoms with van der Waals surface area (Å²) in [5.41, 5.74) is 1.84. The summed E-state index contributed by atoms with van der Waals surface area (Å²) in [5, 5.41) is 0. The molecule has 1 saturated carbocycles. The third-order valence-corrected chi connectivity index (χ3v) is 6.79. The summed E-state index contributed by atoms with van der Waals surface area (Å²) in [6, 6.07) is 4.22. The van der Waals surface area contributed by atoms with E-state index in [9.17, 15) is 13.2 Å². The monoisotopic (exact) mass is 379 g/mol. The summed E-state index contributed by atoms with van der Waals surface area (Å²) in [6.45, 7) is 2.84. The minimum atomic E-state index is -3.18. The van der Waals surface area contributed by atoms with Crippen molar-refractivity contribution in [3.63, 3.8) is 0 Å². The first-order chi connectivity index (χ1) is 12.3. The third-order valence-electron chi connectivity index (χ3n) is 5.49. The molecule has 1 aromatic heterocycles. The Labute approximate surface area is 156 Å². The molecule has 0 unspecified atom stereocenters. The molecule has 7 heteroatoms. The molecule has 0 N–H and O–H groups in total. The summed E-state index contributed by atoms with van der Waals surface area (Å²) in [5.74, 6) is -0.117. The van der Waals surface area contributed by atoms with Crippen LogP contribution in [0, 0.1) is 12.8 Å². The molecule has 0 amide bonds. The number of carbonyl (C=O) groups excluding carboxylic acids is 1. The van der Waals surface area contributed by atoms with Gasteiger partial charge in [-0.1, -0.05) is 19.3 Å². The van der Waals surface area contributed by atoms with Gasteiger partial charge in [-0.2, -0.15) is 0 Å². The molecule has 2 fully saturated rings. The molecule has 0 bridgehead atoms. The van der Waals surface area contributed by atoms with Gasteiger partial charge >= 0.3 is 0 Å². The zero-order chi connectivity index (χ0) is 18.7. The van der Waals surface area contributed by atoms with Crippen LogP contribution in [0.4, 0.5) is 0 Å². The topological polar surface area (TPSA) is 71.7 Å². The second kappa shape index (κ2) is 8.05. The van der Waals surface area contributed by atoms with Gasteiger partial charge in [-0.3, -0.25) is 14.4 Å². The minimum absolute atomic E-state index is 0.0349. The van der Waals surface area contributed by atoms with Crippen LogP contribution < -0.4 is 5.49 Å². The molecular formula is C19H29N3O3S. The number of rotatable bonds is 3. The quantitative estimate of drug-likeness (QED) is 0.809. The van der Waals surface area contributed by atoms with Gasteiger partial charge in [-0.15, -0.1) is 0 Å². The molecule has 1 aliphatic heterocycles. The van der Waals surface area contributed by atoms with Crippen LogP contribution in [-0.2, 0) is 10.0 Å². The number of hydrogen-bond donors (Lipinski definition) is 0. The maximum absolute atomic E-state index is 13.1. The zero-order valence-corrected chi connectivity index (χ0v) is 16.5. The van der Waals surface area contributed by atoms with E-state index in [0.717, 1.165) is 23.9 Å². The van der Waals surface area contributed by atoms with E-state index in [1.165, 1.54) is 29.8 Å². The van der Waals surface area contributed by atoms with Crippen molar-refractivity contribution >= 4 is 15.9 Å². The van der Waals surface area contributed by atoms with Gasteiger partial charge in [0, 0.05) is 25.2 Å². The van der Waals surface area contributed by atoms with Crippen LogP contribution >= 0.6 is 0 Å². The summed E-state index contributed by atoms with van der Waals surface area (Å²) < 4.78 is 26.5. The Morgan fingerprint density at radius 1 is 1.12 bits per heavy atom. The number of piperidine rings is 1. The number of pyridine rings is 1. The van der Waals surface area contributed by atoms with Crippen molar-refractivity contribution in [2.45, 2.75) is 57.9 Å². The van der Waals surface area contributed by atoms with Crippen molar-refractivity contribution in [2.24, 2.45) is 10.9 Å². The van der Waals surface area contributed by atoms with E-state index in [1.54, 1.807) is 4.57 Å². The lowest BCUT2D eigenvalue weighted by Gasteiger charge is -2.29. The molecule has 1 aromatic rings. The first kappa shape index (κ1) is 19.3. The summed E-state index contributed by atoms with van der Waals surface area (Å²) in [7, 11) is -3.18. The highest BCUT2D eigenvalue weighted by molar-refractivity contribution is 7.88. The van der Waals surface area contributed by atoms with Gasteiger partial charge in [-0.25, -0.2) is 12.7 Å². The molecule has 0 aromatic carbocycles. The highest BCUT2D eigenvalue weighted by Gasteiger charge is 2.29. The fourth-order valence-electron chi connectivity index (χ4n) is 3.90. The molecule has 0 atom stereocenters. The van der Waals surface area contributed by atoms with Crippen LogP contribution in [0.1, 0.15) is 55.3 Å². The van der Waals surface area contributed by atoms with E-state index < -0.39 is 10.0 Å². The Morgan fingerprint density at radius 3 is 2.38 bits per heavy atom. The lowest BCUT2D eigenvalue weighted by molar-refractivity contribution is 0.0781. The van der Waals surface area contributed by atoms with Crippen molar-refractivity contribution in [1.82, 2.24) is 8.87 Å². The normalized spacial score (nSPS) is 21.8. The fraction of sp³-hybridized carbons (Fsp3) is 0.684. The molecule has 0 spiro atoms. The lowest BCUT2D eigenvalue weighted by Crippen LogP contribution is -2.42. The van der Waals surface area contributed by atoms with Crippen LogP contribution in [0.25, 0.3) is 0 Å². The van der Waals surface area contributed by atoms with Crippen LogP contribution in [-0.4, -0.2) is 48.6 Å². The van der Waals surface area contributed by atoms with Gasteiger partial charge in [0.25, 0.3) is 0 Å². The SMILES string of the molecule is Cc1ccn(C(=O)C2CCN(S(C)(=O)=O)CC2)c(=NC2CCCCC2)c1. The van der Waals surface area contributed by atoms with Crippen molar-refractivity contribution in [3.8, 4) is 0 Å². The molecule has 1 saturated heterocycles. The van der Waals surface area contributed by atoms with Crippen molar-refractivity contribution in [3.05, 3.63) is 29.4 Å².